The lowest BCUT2D eigenvalue weighted by Crippen LogP contribution is -2.48. The normalized spacial score (nSPS) is 24.6. The van der Waals surface area contributed by atoms with Crippen LogP contribution in [0.5, 0.6) is 0 Å². The van der Waals surface area contributed by atoms with Crippen molar-refractivity contribution in [1.29, 1.82) is 0 Å². The van der Waals surface area contributed by atoms with Gasteiger partial charge in [-0.1, -0.05) is 13.8 Å². The van der Waals surface area contributed by atoms with Crippen molar-refractivity contribution in [3.8, 4) is 0 Å². The van der Waals surface area contributed by atoms with Gasteiger partial charge < -0.3 is 5.11 Å². The van der Waals surface area contributed by atoms with Crippen molar-refractivity contribution in [2.75, 3.05) is 5.43 Å². The topological polar surface area (TPSA) is 131 Å². The molecule has 0 aromatic heterocycles. The molecule has 1 aliphatic carbocycles. The van der Waals surface area contributed by atoms with E-state index in [-0.39, 0.29) is 16.8 Å². The molecular weight excluding hydrogens is 316 g/mol. The Kier molecular flexibility index (Phi) is 4.57. The zero-order valence-electron chi connectivity index (χ0n) is 13.8. The minimum absolute atomic E-state index is 0.0373. The summed E-state index contributed by atoms with van der Waals surface area (Å²) in [5.41, 5.74) is 0.874. The molecular formula is C15H20N4O5. The number of non-ortho nitro benzene ring substituents is 1. The first-order chi connectivity index (χ1) is 11.0. The summed E-state index contributed by atoms with van der Waals surface area (Å²) >= 11 is 0. The van der Waals surface area contributed by atoms with Gasteiger partial charge in [0.25, 0.3) is 5.69 Å². The molecule has 1 atom stereocenters. The van der Waals surface area contributed by atoms with E-state index in [9.17, 15) is 25.3 Å². The molecule has 1 unspecified atom stereocenters. The molecule has 9 heteroatoms. The zero-order chi connectivity index (χ0) is 18.1. The molecule has 1 aliphatic rings. The summed E-state index contributed by atoms with van der Waals surface area (Å²) in [4.78, 5) is 20.5. The van der Waals surface area contributed by atoms with Gasteiger partial charge in [-0.3, -0.25) is 25.7 Å². The highest BCUT2D eigenvalue weighted by Gasteiger charge is 2.42. The first-order valence-electron chi connectivity index (χ1n) is 7.54. The molecule has 1 aromatic carbocycles. The Labute approximate surface area is 138 Å². The molecule has 0 aliphatic heterocycles. The summed E-state index contributed by atoms with van der Waals surface area (Å²) in [5.74, 6) is 0. The highest BCUT2D eigenvalue weighted by molar-refractivity contribution is 5.97. The molecule has 0 saturated heterocycles. The summed E-state index contributed by atoms with van der Waals surface area (Å²) < 4.78 is 0. The monoisotopic (exact) mass is 336 g/mol. The van der Waals surface area contributed by atoms with E-state index in [1.165, 1.54) is 12.1 Å². The summed E-state index contributed by atoms with van der Waals surface area (Å²) in [6, 6.07) is 3.29. The molecule has 0 bridgehead atoms. The number of nitro benzene ring substituents is 2. The van der Waals surface area contributed by atoms with Crippen LogP contribution in [0.25, 0.3) is 0 Å². The number of rotatable bonds is 4. The number of benzene rings is 1. The SMILES string of the molecule is CC1(C)CCCC(C)(O)/C1=N\Nc1ccc([N+](=O)[O-])cc1[N+](=O)[O-]. The largest absolute Gasteiger partial charge is 0.384 e. The molecule has 1 fully saturated rings. The van der Waals surface area contributed by atoms with Crippen LogP contribution < -0.4 is 5.43 Å². The van der Waals surface area contributed by atoms with Crippen molar-refractivity contribution in [2.24, 2.45) is 10.5 Å². The number of nitro groups is 2. The fraction of sp³-hybridized carbons (Fsp3) is 0.533. The molecule has 130 valence electrons. The van der Waals surface area contributed by atoms with E-state index < -0.39 is 21.1 Å². The van der Waals surface area contributed by atoms with E-state index in [2.05, 4.69) is 10.5 Å². The lowest BCUT2D eigenvalue weighted by molar-refractivity contribution is -0.393. The lowest BCUT2D eigenvalue weighted by atomic mass is 9.68. The molecule has 0 spiro atoms. The number of hydrogen-bond acceptors (Lipinski definition) is 7. The molecule has 1 aromatic rings. The second-order valence-corrected chi connectivity index (χ2v) is 6.80. The minimum Gasteiger partial charge on any atom is -0.384 e. The van der Waals surface area contributed by atoms with E-state index in [0.717, 1.165) is 18.9 Å². The smallest absolute Gasteiger partial charge is 0.301 e. The fourth-order valence-electron chi connectivity index (χ4n) is 3.11. The van der Waals surface area contributed by atoms with E-state index in [1.807, 2.05) is 13.8 Å². The second kappa shape index (κ2) is 6.16. The van der Waals surface area contributed by atoms with Crippen molar-refractivity contribution >= 4 is 22.8 Å². The van der Waals surface area contributed by atoms with Gasteiger partial charge in [-0.25, -0.2) is 0 Å². The van der Waals surface area contributed by atoms with E-state index in [0.29, 0.717) is 12.1 Å². The van der Waals surface area contributed by atoms with Crippen LogP contribution in [0, 0.1) is 25.6 Å². The average molecular weight is 336 g/mol. The van der Waals surface area contributed by atoms with Crippen LogP contribution in [0.1, 0.15) is 40.0 Å². The Morgan fingerprint density at radius 2 is 1.83 bits per heavy atom. The highest BCUT2D eigenvalue weighted by atomic mass is 16.6. The fourth-order valence-corrected chi connectivity index (χ4v) is 3.11. The second-order valence-electron chi connectivity index (χ2n) is 6.80. The third-order valence-electron chi connectivity index (χ3n) is 4.29. The number of nitrogens with one attached hydrogen (secondary N) is 1. The van der Waals surface area contributed by atoms with Crippen LogP contribution in [0.3, 0.4) is 0 Å². The van der Waals surface area contributed by atoms with Crippen molar-refractivity contribution in [2.45, 2.75) is 45.6 Å². The van der Waals surface area contributed by atoms with Crippen LogP contribution in [0.2, 0.25) is 0 Å². The summed E-state index contributed by atoms with van der Waals surface area (Å²) in [5, 5.41) is 36.7. The number of nitrogens with zero attached hydrogens (tertiary/aromatic N) is 3. The summed E-state index contributed by atoms with van der Waals surface area (Å²) in [7, 11) is 0. The maximum Gasteiger partial charge on any atom is 0.301 e. The Bertz CT molecular complexity index is 694. The standard InChI is InChI=1S/C15H20N4O5/c1-14(2)7-4-8-15(3,20)13(14)17-16-11-6-5-10(18(21)22)9-12(11)19(23)24/h5-6,9,16,20H,4,7-8H2,1-3H3/b17-13-. The van der Waals surface area contributed by atoms with Gasteiger partial charge in [0.1, 0.15) is 11.3 Å². The molecule has 2 N–H and O–H groups in total. The van der Waals surface area contributed by atoms with Crippen LogP contribution in [-0.2, 0) is 0 Å². The van der Waals surface area contributed by atoms with Crippen LogP contribution >= 0.6 is 0 Å². The first kappa shape index (κ1) is 17.8. The lowest BCUT2D eigenvalue weighted by Gasteiger charge is -2.40. The Balaban J connectivity index is 2.40. The van der Waals surface area contributed by atoms with Gasteiger partial charge in [0, 0.05) is 11.5 Å². The van der Waals surface area contributed by atoms with Gasteiger partial charge in [-0.05, 0) is 32.3 Å². The predicted octanol–water partition coefficient (Wildman–Crippen LogP) is 3.23. The van der Waals surface area contributed by atoms with Gasteiger partial charge in [0.05, 0.1) is 21.6 Å². The van der Waals surface area contributed by atoms with Crippen molar-refractivity contribution in [3.63, 3.8) is 0 Å². The van der Waals surface area contributed by atoms with Gasteiger partial charge >= 0.3 is 5.69 Å². The van der Waals surface area contributed by atoms with Gasteiger partial charge in [-0.15, -0.1) is 0 Å². The van der Waals surface area contributed by atoms with Crippen LogP contribution in [0.15, 0.2) is 23.3 Å². The number of hydrazone groups is 1. The third-order valence-corrected chi connectivity index (χ3v) is 4.29. The van der Waals surface area contributed by atoms with Gasteiger partial charge in [-0.2, -0.15) is 5.10 Å². The Morgan fingerprint density at radius 3 is 2.38 bits per heavy atom. The number of aliphatic hydroxyl groups is 1. The summed E-state index contributed by atoms with van der Waals surface area (Å²) in [6.45, 7) is 5.56. The molecule has 0 heterocycles. The van der Waals surface area contributed by atoms with Crippen molar-refractivity contribution in [1.82, 2.24) is 0 Å². The average Bonchev–Trinajstić information content (AvgIpc) is 2.45. The number of hydrogen-bond donors (Lipinski definition) is 2. The van der Waals surface area contributed by atoms with Crippen LogP contribution in [-0.4, -0.2) is 26.3 Å². The third kappa shape index (κ3) is 3.51. The van der Waals surface area contributed by atoms with E-state index >= 15 is 0 Å². The number of anilines is 1. The maximum atomic E-state index is 11.1. The van der Waals surface area contributed by atoms with Gasteiger partial charge in [0.15, 0.2) is 0 Å². The molecule has 0 radical (unpaired) electrons. The molecule has 24 heavy (non-hydrogen) atoms. The Morgan fingerprint density at radius 1 is 1.17 bits per heavy atom. The van der Waals surface area contributed by atoms with Crippen LogP contribution in [0.4, 0.5) is 17.1 Å². The zero-order valence-corrected chi connectivity index (χ0v) is 13.8. The maximum absolute atomic E-state index is 11.1. The predicted molar refractivity (Wildman–Crippen MR) is 89.1 cm³/mol. The van der Waals surface area contributed by atoms with E-state index in [4.69, 9.17) is 0 Å². The molecule has 9 nitrogen and oxygen atoms in total. The first-order valence-corrected chi connectivity index (χ1v) is 7.54. The summed E-state index contributed by atoms with van der Waals surface area (Å²) in [6.07, 6.45) is 2.25. The Hall–Kier alpha value is -2.55. The molecule has 0 amide bonds. The molecule has 2 rings (SSSR count). The minimum atomic E-state index is -1.11. The van der Waals surface area contributed by atoms with Crippen molar-refractivity contribution in [3.05, 3.63) is 38.4 Å². The van der Waals surface area contributed by atoms with Crippen molar-refractivity contribution < 1.29 is 15.0 Å². The van der Waals surface area contributed by atoms with Gasteiger partial charge in [0.2, 0.25) is 0 Å². The highest BCUT2D eigenvalue weighted by Crippen LogP contribution is 2.39. The van der Waals surface area contributed by atoms with E-state index in [1.54, 1.807) is 6.92 Å². The molecule has 1 saturated carbocycles. The quantitative estimate of drug-likeness (QED) is 0.641.